The Morgan fingerprint density at radius 1 is 1.22 bits per heavy atom. The third-order valence-electron chi connectivity index (χ3n) is 2.47. The molecule has 0 aliphatic rings. The van der Waals surface area contributed by atoms with Crippen molar-refractivity contribution in [3.8, 4) is 6.07 Å². The number of anilines is 1. The Hall–Kier alpha value is -1.50. The molecule has 0 radical (unpaired) electrons. The fourth-order valence-electron chi connectivity index (χ4n) is 1.55. The molecule has 0 fully saturated rings. The van der Waals surface area contributed by atoms with E-state index in [4.69, 9.17) is 16.9 Å². The van der Waals surface area contributed by atoms with Crippen molar-refractivity contribution in [3.63, 3.8) is 0 Å². The Labute approximate surface area is 119 Å². The van der Waals surface area contributed by atoms with Crippen molar-refractivity contribution in [2.45, 2.75) is 6.54 Å². The van der Waals surface area contributed by atoms with Gasteiger partial charge in [-0.1, -0.05) is 23.7 Å². The molecule has 0 bridgehead atoms. The van der Waals surface area contributed by atoms with Crippen LogP contribution in [0.1, 0.15) is 11.1 Å². The number of hydrogen-bond acceptors (Lipinski definition) is 2. The average molecular weight is 322 g/mol. The van der Waals surface area contributed by atoms with Crippen LogP contribution in [0, 0.1) is 11.3 Å². The van der Waals surface area contributed by atoms with Crippen LogP contribution in [0.2, 0.25) is 5.02 Å². The molecule has 1 N–H and O–H groups in total. The molecule has 0 aliphatic heterocycles. The number of nitriles is 1. The van der Waals surface area contributed by atoms with Crippen LogP contribution in [-0.4, -0.2) is 0 Å². The van der Waals surface area contributed by atoms with E-state index in [2.05, 4.69) is 27.3 Å². The van der Waals surface area contributed by atoms with Gasteiger partial charge in [0.25, 0.3) is 0 Å². The first kappa shape index (κ1) is 12.9. The topological polar surface area (TPSA) is 35.8 Å². The van der Waals surface area contributed by atoms with E-state index in [0.717, 1.165) is 15.7 Å². The van der Waals surface area contributed by atoms with Gasteiger partial charge in [-0.3, -0.25) is 0 Å². The quantitative estimate of drug-likeness (QED) is 0.897. The van der Waals surface area contributed by atoms with Crippen LogP contribution in [0.4, 0.5) is 5.69 Å². The maximum absolute atomic E-state index is 8.82. The second kappa shape index (κ2) is 5.90. The minimum Gasteiger partial charge on any atom is -0.381 e. The standard InChI is InChI=1S/C14H10BrClN2/c15-13-7-11(4-5-14(13)16)9-18-12-3-1-2-10(6-12)8-17/h1-7,18H,9H2. The van der Waals surface area contributed by atoms with E-state index < -0.39 is 0 Å². The van der Waals surface area contributed by atoms with E-state index in [9.17, 15) is 0 Å². The summed E-state index contributed by atoms with van der Waals surface area (Å²) in [6.07, 6.45) is 0. The van der Waals surface area contributed by atoms with E-state index in [1.807, 2.05) is 36.4 Å². The molecular weight excluding hydrogens is 312 g/mol. The molecule has 0 heterocycles. The number of rotatable bonds is 3. The molecule has 2 nitrogen and oxygen atoms in total. The highest BCUT2D eigenvalue weighted by molar-refractivity contribution is 9.10. The summed E-state index contributed by atoms with van der Waals surface area (Å²) in [6.45, 7) is 0.685. The first-order valence-electron chi connectivity index (χ1n) is 5.37. The molecule has 0 spiro atoms. The van der Waals surface area contributed by atoms with Gasteiger partial charge in [0.2, 0.25) is 0 Å². The highest BCUT2D eigenvalue weighted by Gasteiger charge is 2.00. The number of hydrogen-bond donors (Lipinski definition) is 1. The molecule has 0 atom stereocenters. The molecule has 2 rings (SSSR count). The fraction of sp³-hybridized carbons (Fsp3) is 0.0714. The number of nitrogens with zero attached hydrogens (tertiary/aromatic N) is 1. The zero-order chi connectivity index (χ0) is 13.0. The minimum atomic E-state index is 0.650. The van der Waals surface area contributed by atoms with Crippen molar-refractivity contribution >= 4 is 33.2 Å². The van der Waals surface area contributed by atoms with Gasteiger partial charge in [-0.2, -0.15) is 5.26 Å². The van der Waals surface area contributed by atoms with E-state index in [0.29, 0.717) is 17.1 Å². The molecule has 0 amide bonds. The van der Waals surface area contributed by atoms with Gasteiger partial charge in [-0.15, -0.1) is 0 Å². The predicted octanol–water partition coefficient (Wildman–Crippen LogP) is 4.59. The molecule has 2 aromatic rings. The van der Waals surface area contributed by atoms with Crippen molar-refractivity contribution < 1.29 is 0 Å². The first-order valence-corrected chi connectivity index (χ1v) is 6.54. The van der Waals surface area contributed by atoms with E-state index in [-0.39, 0.29) is 0 Å². The lowest BCUT2D eigenvalue weighted by atomic mass is 10.2. The van der Waals surface area contributed by atoms with Crippen molar-refractivity contribution in [2.24, 2.45) is 0 Å². The van der Waals surface area contributed by atoms with E-state index in [1.165, 1.54) is 0 Å². The molecule has 0 saturated carbocycles. The summed E-state index contributed by atoms with van der Waals surface area (Å²) in [5, 5.41) is 12.8. The normalized spacial score (nSPS) is 9.83. The Morgan fingerprint density at radius 3 is 2.78 bits per heavy atom. The van der Waals surface area contributed by atoms with Gasteiger partial charge < -0.3 is 5.32 Å². The summed E-state index contributed by atoms with van der Waals surface area (Å²) in [5.74, 6) is 0. The summed E-state index contributed by atoms with van der Waals surface area (Å²) in [7, 11) is 0. The van der Waals surface area contributed by atoms with Crippen LogP contribution in [0.15, 0.2) is 46.9 Å². The Kier molecular flexibility index (Phi) is 4.24. The third-order valence-corrected chi connectivity index (χ3v) is 3.69. The highest BCUT2D eigenvalue weighted by atomic mass is 79.9. The van der Waals surface area contributed by atoms with Crippen LogP contribution in [-0.2, 0) is 6.54 Å². The Morgan fingerprint density at radius 2 is 2.06 bits per heavy atom. The number of nitrogens with one attached hydrogen (secondary N) is 1. The number of halogens is 2. The lowest BCUT2D eigenvalue weighted by Crippen LogP contribution is -1.99. The van der Waals surface area contributed by atoms with Crippen LogP contribution < -0.4 is 5.32 Å². The molecule has 90 valence electrons. The second-order valence-corrected chi connectivity index (χ2v) is 5.06. The molecule has 2 aromatic carbocycles. The van der Waals surface area contributed by atoms with Crippen LogP contribution in [0.25, 0.3) is 0 Å². The molecule has 4 heteroatoms. The number of benzene rings is 2. The van der Waals surface area contributed by atoms with Crippen LogP contribution in [0.3, 0.4) is 0 Å². The van der Waals surface area contributed by atoms with Crippen molar-refractivity contribution in [1.82, 2.24) is 0 Å². The largest absolute Gasteiger partial charge is 0.381 e. The average Bonchev–Trinajstić information content (AvgIpc) is 2.40. The van der Waals surface area contributed by atoms with Crippen molar-refractivity contribution in [3.05, 3.63) is 63.1 Å². The van der Waals surface area contributed by atoms with Crippen molar-refractivity contribution in [1.29, 1.82) is 5.26 Å². The first-order chi connectivity index (χ1) is 8.69. The van der Waals surface area contributed by atoms with Gasteiger partial charge in [-0.25, -0.2) is 0 Å². The van der Waals surface area contributed by atoms with E-state index >= 15 is 0 Å². The maximum atomic E-state index is 8.82. The molecule has 0 unspecified atom stereocenters. The van der Waals surface area contributed by atoms with Crippen LogP contribution in [0.5, 0.6) is 0 Å². The van der Waals surface area contributed by atoms with Crippen LogP contribution >= 0.6 is 27.5 Å². The summed E-state index contributed by atoms with van der Waals surface area (Å²) in [4.78, 5) is 0. The SMILES string of the molecule is N#Cc1cccc(NCc2ccc(Cl)c(Br)c2)c1. The molecule has 0 aliphatic carbocycles. The zero-order valence-electron chi connectivity index (χ0n) is 9.45. The summed E-state index contributed by atoms with van der Waals surface area (Å²) in [5.41, 5.74) is 2.70. The van der Waals surface area contributed by atoms with Gasteiger partial charge >= 0.3 is 0 Å². The maximum Gasteiger partial charge on any atom is 0.0992 e. The molecule has 0 saturated heterocycles. The Balaban J connectivity index is 2.07. The highest BCUT2D eigenvalue weighted by Crippen LogP contribution is 2.23. The second-order valence-electron chi connectivity index (χ2n) is 3.79. The lowest BCUT2D eigenvalue weighted by molar-refractivity contribution is 1.15. The van der Waals surface area contributed by atoms with Gasteiger partial charge in [0.05, 0.1) is 16.7 Å². The third kappa shape index (κ3) is 3.25. The summed E-state index contributed by atoms with van der Waals surface area (Å²) in [6, 6.07) is 15.3. The lowest BCUT2D eigenvalue weighted by Gasteiger charge is -2.07. The smallest absolute Gasteiger partial charge is 0.0992 e. The minimum absolute atomic E-state index is 0.650. The van der Waals surface area contributed by atoms with Gasteiger partial charge in [0.15, 0.2) is 0 Å². The summed E-state index contributed by atoms with van der Waals surface area (Å²) >= 11 is 9.33. The van der Waals surface area contributed by atoms with Gasteiger partial charge in [0, 0.05) is 16.7 Å². The predicted molar refractivity (Wildman–Crippen MR) is 77.6 cm³/mol. The fourth-order valence-corrected chi connectivity index (χ4v) is 2.10. The molecule has 18 heavy (non-hydrogen) atoms. The van der Waals surface area contributed by atoms with Gasteiger partial charge in [-0.05, 0) is 51.8 Å². The summed E-state index contributed by atoms with van der Waals surface area (Å²) < 4.78 is 0.884. The van der Waals surface area contributed by atoms with E-state index in [1.54, 1.807) is 6.07 Å². The van der Waals surface area contributed by atoms with Crippen molar-refractivity contribution in [2.75, 3.05) is 5.32 Å². The molecule has 0 aromatic heterocycles. The zero-order valence-corrected chi connectivity index (χ0v) is 11.8. The Bertz CT molecular complexity index is 605. The van der Waals surface area contributed by atoms with Gasteiger partial charge in [0.1, 0.15) is 0 Å². The molecular formula is C14H10BrClN2. The monoisotopic (exact) mass is 320 g/mol.